The number of pyridine rings is 1. The first-order chi connectivity index (χ1) is 12.1. The molecule has 0 aliphatic carbocycles. The van der Waals surface area contributed by atoms with E-state index in [-0.39, 0.29) is 36.4 Å². The summed E-state index contributed by atoms with van der Waals surface area (Å²) in [6.07, 6.45) is 4.98. The van der Waals surface area contributed by atoms with Crippen molar-refractivity contribution < 1.29 is 14.0 Å². The van der Waals surface area contributed by atoms with Crippen LogP contribution in [-0.2, 0) is 4.79 Å². The van der Waals surface area contributed by atoms with Gasteiger partial charge in [-0.2, -0.15) is 0 Å². The van der Waals surface area contributed by atoms with Crippen molar-refractivity contribution in [3.05, 3.63) is 65.7 Å². The molecule has 25 heavy (non-hydrogen) atoms. The second-order valence-corrected chi connectivity index (χ2v) is 6.28. The van der Waals surface area contributed by atoms with E-state index in [1.54, 1.807) is 6.20 Å². The molecule has 1 aromatic heterocycles. The van der Waals surface area contributed by atoms with E-state index >= 15 is 0 Å². The Morgan fingerprint density at radius 3 is 2.60 bits per heavy atom. The monoisotopic (exact) mass is 340 g/mol. The van der Waals surface area contributed by atoms with Crippen molar-refractivity contribution in [3.8, 4) is 0 Å². The molecule has 1 fully saturated rings. The van der Waals surface area contributed by atoms with Gasteiger partial charge in [0, 0.05) is 31.1 Å². The Morgan fingerprint density at radius 1 is 1.08 bits per heavy atom. The van der Waals surface area contributed by atoms with Gasteiger partial charge in [0.25, 0.3) is 0 Å². The van der Waals surface area contributed by atoms with Gasteiger partial charge in [-0.1, -0.05) is 6.07 Å². The number of aromatic nitrogens is 1. The molecule has 0 saturated carbocycles. The molecule has 0 unspecified atom stereocenters. The highest BCUT2D eigenvalue weighted by atomic mass is 19.1. The van der Waals surface area contributed by atoms with Crippen LogP contribution in [0.2, 0.25) is 0 Å². The van der Waals surface area contributed by atoms with Crippen LogP contribution in [0.3, 0.4) is 0 Å². The molecular formula is C20H21FN2O2. The van der Waals surface area contributed by atoms with Crippen LogP contribution in [0.4, 0.5) is 4.39 Å². The van der Waals surface area contributed by atoms with Crippen molar-refractivity contribution >= 4 is 11.7 Å². The normalized spacial score (nSPS) is 17.3. The number of Topliss-reactive ketones (excluding diaryl/α,β-unsaturated/α-hetero) is 1. The molecular weight excluding hydrogens is 319 g/mol. The fourth-order valence-corrected chi connectivity index (χ4v) is 3.25. The quantitative estimate of drug-likeness (QED) is 0.775. The number of carbonyl (C=O) groups excluding carboxylic acids is 2. The highest BCUT2D eigenvalue weighted by Gasteiger charge is 2.28. The summed E-state index contributed by atoms with van der Waals surface area (Å²) in [4.78, 5) is 31.1. The number of rotatable bonds is 5. The molecule has 1 aromatic carbocycles. The molecule has 2 heterocycles. The Balaban J connectivity index is 1.63. The molecule has 0 bridgehead atoms. The van der Waals surface area contributed by atoms with E-state index in [1.165, 1.54) is 24.3 Å². The molecule has 1 amide bonds. The summed E-state index contributed by atoms with van der Waals surface area (Å²) in [6, 6.07) is 11.2. The van der Waals surface area contributed by atoms with Gasteiger partial charge in [-0.15, -0.1) is 0 Å². The summed E-state index contributed by atoms with van der Waals surface area (Å²) in [7, 11) is 0. The zero-order valence-corrected chi connectivity index (χ0v) is 14.0. The van der Waals surface area contributed by atoms with Gasteiger partial charge in [-0.05, 0) is 55.7 Å². The molecule has 5 heteroatoms. The Hall–Kier alpha value is -2.56. The third-order valence-electron chi connectivity index (χ3n) is 4.58. The largest absolute Gasteiger partial charge is 0.334 e. The minimum absolute atomic E-state index is 0.0108. The lowest BCUT2D eigenvalue weighted by atomic mass is 9.97. The molecule has 2 aromatic rings. The molecule has 130 valence electrons. The minimum Gasteiger partial charge on any atom is -0.334 e. The molecule has 1 atom stereocenters. The number of piperidine rings is 1. The van der Waals surface area contributed by atoms with Crippen LogP contribution in [0.5, 0.6) is 0 Å². The number of benzene rings is 1. The third kappa shape index (κ3) is 4.29. The fraction of sp³-hybridized carbons (Fsp3) is 0.350. The first kappa shape index (κ1) is 17.3. The lowest BCUT2D eigenvalue weighted by molar-refractivity contribution is -0.135. The SMILES string of the molecule is O=C(CCC(=O)N1CCCC[C@H]1c1ccccn1)c1ccc(F)cc1. The average Bonchev–Trinajstić information content (AvgIpc) is 2.67. The zero-order chi connectivity index (χ0) is 17.6. The van der Waals surface area contributed by atoms with Crippen LogP contribution in [0.1, 0.15) is 54.2 Å². The molecule has 0 radical (unpaired) electrons. The molecule has 4 nitrogen and oxygen atoms in total. The number of nitrogens with zero attached hydrogens (tertiary/aromatic N) is 2. The molecule has 1 saturated heterocycles. The van der Waals surface area contributed by atoms with Gasteiger partial charge in [0.1, 0.15) is 5.82 Å². The number of hydrogen-bond donors (Lipinski definition) is 0. The Morgan fingerprint density at radius 2 is 1.88 bits per heavy atom. The van der Waals surface area contributed by atoms with E-state index in [9.17, 15) is 14.0 Å². The molecule has 1 aliphatic rings. The van der Waals surface area contributed by atoms with Gasteiger partial charge < -0.3 is 4.90 Å². The number of amides is 1. The summed E-state index contributed by atoms with van der Waals surface area (Å²) in [5.41, 5.74) is 1.34. The Bertz CT molecular complexity index is 731. The van der Waals surface area contributed by atoms with Crippen molar-refractivity contribution in [1.82, 2.24) is 9.88 Å². The van der Waals surface area contributed by atoms with Gasteiger partial charge in [-0.3, -0.25) is 14.6 Å². The second-order valence-electron chi connectivity index (χ2n) is 6.28. The van der Waals surface area contributed by atoms with Crippen molar-refractivity contribution in [2.45, 2.75) is 38.1 Å². The van der Waals surface area contributed by atoms with Crippen LogP contribution < -0.4 is 0 Å². The van der Waals surface area contributed by atoms with E-state index in [2.05, 4.69) is 4.98 Å². The molecule has 3 rings (SSSR count). The second kappa shape index (κ2) is 8.01. The summed E-state index contributed by atoms with van der Waals surface area (Å²) >= 11 is 0. The van der Waals surface area contributed by atoms with Crippen molar-refractivity contribution in [2.75, 3.05) is 6.54 Å². The third-order valence-corrected chi connectivity index (χ3v) is 4.58. The predicted molar refractivity (Wildman–Crippen MR) is 92.5 cm³/mol. The van der Waals surface area contributed by atoms with Crippen LogP contribution in [0, 0.1) is 5.82 Å². The molecule has 0 spiro atoms. The minimum atomic E-state index is -0.376. The summed E-state index contributed by atoms with van der Waals surface area (Å²) in [5, 5.41) is 0. The van der Waals surface area contributed by atoms with Crippen LogP contribution in [0.25, 0.3) is 0 Å². The van der Waals surface area contributed by atoms with Crippen molar-refractivity contribution in [2.24, 2.45) is 0 Å². The number of halogens is 1. The smallest absolute Gasteiger partial charge is 0.223 e. The van der Waals surface area contributed by atoms with Crippen LogP contribution in [-0.4, -0.2) is 28.1 Å². The highest BCUT2D eigenvalue weighted by Crippen LogP contribution is 2.30. The van der Waals surface area contributed by atoms with E-state index < -0.39 is 0 Å². The maximum absolute atomic E-state index is 12.9. The fourth-order valence-electron chi connectivity index (χ4n) is 3.25. The number of ketones is 1. The molecule has 1 aliphatic heterocycles. The maximum atomic E-state index is 12.9. The first-order valence-electron chi connectivity index (χ1n) is 8.64. The Labute approximate surface area is 146 Å². The maximum Gasteiger partial charge on any atom is 0.223 e. The van der Waals surface area contributed by atoms with Crippen molar-refractivity contribution in [1.29, 1.82) is 0 Å². The average molecular weight is 340 g/mol. The summed E-state index contributed by atoms with van der Waals surface area (Å²) in [5.74, 6) is -0.537. The predicted octanol–water partition coefficient (Wildman–Crippen LogP) is 3.94. The first-order valence-corrected chi connectivity index (χ1v) is 8.64. The lowest BCUT2D eigenvalue weighted by Gasteiger charge is -2.35. The van der Waals surface area contributed by atoms with E-state index in [1.807, 2.05) is 23.1 Å². The summed E-state index contributed by atoms with van der Waals surface area (Å²) in [6.45, 7) is 0.699. The van der Waals surface area contributed by atoms with Gasteiger partial charge in [0.2, 0.25) is 5.91 Å². The van der Waals surface area contributed by atoms with Crippen LogP contribution in [0.15, 0.2) is 48.7 Å². The standard InChI is InChI=1S/C20H21FN2O2/c21-16-9-7-15(8-10-16)19(24)11-12-20(25)23-14-4-2-6-18(23)17-5-1-3-13-22-17/h1,3,5,7-10,13,18H,2,4,6,11-12,14H2/t18-/m0/s1. The van der Waals surface area contributed by atoms with Gasteiger partial charge in [0.15, 0.2) is 5.78 Å². The van der Waals surface area contributed by atoms with Gasteiger partial charge in [-0.25, -0.2) is 4.39 Å². The number of likely N-dealkylation sites (tertiary alicyclic amines) is 1. The highest BCUT2D eigenvalue weighted by molar-refractivity contribution is 5.97. The van der Waals surface area contributed by atoms with E-state index in [4.69, 9.17) is 0 Å². The van der Waals surface area contributed by atoms with E-state index in [0.717, 1.165) is 25.0 Å². The number of hydrogen-bond acceptors (Lipinski definition) is 3. The lowest BCUT2D eigenvalue weighted by Crippen LogP contribution is -2.39. The van der Waals surface area contributed by atoms with Gasteiger partial charge in [0.05, 0.1) is 11.7 Å². The topological polar surface area (TPSA) is 50.3 Å². The van der Waals surface area contributed by atoms with Crippen molar-refractivity contribution in [3.63, 3.8) is 0 Å². The molecule has 0 N–H and O–H groups in total. The van der Waals surface area contributed by atoms with Crippen LogP contribution >= 0.6 is 0 Å². The van der Waals surface area contributed by atoms with Gasteiger partial charge >= 0.3 is 0 Å². The zero-order valence-electron chi connectivity index (χ0n) is 14.0. The number of carbonyl (C=O) groups is 2. The summed E-state index contributed by atoms with van der Waals surface area (Å²) < 4.78 is 12.9. The Kier molecular flexibility index (Phi) is 5.53. The van der Waals surface area contributed by atoms with E-state index in [0.29, 0.717) is 12.1 Å².